The van der Waals surface area contributed by atoms with Gasteiger partial charge in [-0.2, -0.15) is 0 Å². The third-order valence-corrected chi connectivity index (χ3v) is 14.1. The lowest BCUT2D eigenvalue weighted by Gasteiger charge is -2.43. The molecule has 2 amide bonds. The van der Waals surface area contributed by atoms with Crippen molar-refractivity contribution in [3.63, 3.8) is 0 Å². The minimum Gasteiger partial charge on any atom is -0.444 e. The smallest absolute Gasteiger partial charge is 0.410 e. The molecule has 1 aliphatic heterocycles. The first-order chi connectivity index (χ1) is 21.3. The molecule has 3 unspecified atom stereocenters. The number of nitrogen functional groups attached to an aromatic ring is 1. The van der Waals surface area contributed by atoms with Gasteiger partial charge in [0.25, 0.3) is 0 Å². The zero-order valence-electron chi connectivity index (χ0n) is 28.5. The summed E-state index contributed by atoms with van der Waals surface area (Å²) in [4.78, 5) is 32.8. The summed E-state index contributed by atoms with van der Waals surface area (Å²) < 4.78 is 27.6. The average Bonchev–Trinajstić information content (AvgIpc) is 3.57. The highest BCUT2D eigenvalue weighted by molar-refractivity contribution is 7.13. The maximum absolute atomic E-state index is 14.6. The normalized spacial score (nSPS) is 18.7. The Morgan fingerprint density at radius 2 is 1.78 bits per heavy atom. The lowest BCUT2D eigenvalue weighted by Crippen LogP contribution is -2.50. The number of aromatic nitrogens is 1. The van der Waals surface area contributed by atoms with Crippen LogP contribution in [0.3, 0.4) is 0 Å². The summed E-state index contributed by atoms with van der Waals surface area (Å²) in [7, 11) is -2.34. The van der Waals surface area contributed by atoms with Crippen molar-refractivity contribution >= 4 is 42.5 Å². The highest BCUT2D eigenvalue weighted by atomic mass is 32.1. The minimum absolute atomic E-state index is 0.0874. The van der Waals surface area contributed by atoms with Crippen LogP contribution < -0.4 is 11.1 Å². The van der Waals surface area contributed by atoms with Crippen LogP contribution in [0.4, 0.5) is 20.0 Å². The number of nitrogens with two attached hydrogens (primary N) is 1. The predicted molar refractivity (Wildman–Crippen MR) is 186 cm³/mol. The van der Waals surface area contributed by atoms with E-state index in [4.69, 9.17) is 14.9 Å². The van der Waals surface area contributed by atoms with E-state index in [0.29, 0.717) is 29.4 Å². The topological polar surface area (TPSA) is 107 Å². The van der Waals surface area contributed by atoms with Crippen LogP contribution in [-0.4, -0.2) is 47.9 Å². The summed E-state index contributed by atoms with van der Waals surface area (Å²) in [6.45, 7) is 18.3. The molecule has 46 heavy (non-hydrogen) atoms. The predicted octanol–water partition coefficient (Wildman–Crippen LogP) is 8.68. The molecule has 2 aromatic carbocycles. The number of hydrogen-bond donors (Lipinski definition) is 2. The molecule has 4 atom stereocenters. The van der Waals surface area contributed by atoms with Crippen molar-refractivity contribution in [1.82, 2.24) is 9.88 Å². The van der Waals surface area contributed by atoms with Gasteiger partial charge in [-0.25, -0.2) is 14.2 Å². The third-order valence-electron chi connectivity index (χ3n) is 8.97. The molecule has 11 heteroatoms. The van der Waals surface area contributed by atoms with Crippen LogP contribution in [0.1, 0.15) is 90.2 Å². The quantitative estimate of drug-likeness (QED) is 0.221. The summed E-state index contributed by atoms with van der Waals surface area (Å²) in [5.74, 6) is -0.944. The number of ether oxygens (including phenoxy) is 1. The van der Waals surface area contributed by atoms with Gasteiger partial charge in [-0.15, -0.1) is 11.3 Å². The van der Waals surface area contributed by atoms with Gasteiger partial charge < -0.3 is 20.2 Å². The van der Waals surface area contributed by atoms with Gasteiger partial charge in [0.15, 0.2) is 13.4 Å². The van der Waals surface area contributed by atoms with Crippen LogP contribution in [0.15, 0.2) is 53.9 Å². The Balaban J connectivity index is 1.59. The number of hydrogen-bond acceptors (Lipinski definition) is 7. The Morgan fingerprint density at radius 3 is 2.35 bits per heavy atom. The zero-order valence-corrected chi connectivity index (χ0v) is 30.3. The van der Waals surface area contributed by atoms with Crippen molar-refractivity contribution in [3.8, 4) is 0 Å². The van der Waals surface area contributed by atoms with Gasteiger partial charge in [0.2, 0.25) is 5.91 Å². The first kappa shape index (κ1) is 35.6. The fourth-order valence-electron chi connectivity index (χ4n) is 5.44. The number of thiazole rings is 1. The highest BCUT2D eigenvalue weighted by Gasteiger charge is 2.47. The summed E-state index contributed by atoms with van der Waals surface area (Å²) in [5, 5.41) is 5.10. The minimum atomic E-state index is -2.34. The molecule has 1 fully saturated rings. The molecule has 2 heterocycles. The SMILES string of the molecule is CC(C(=O)Nc1ccc(CC2CCC([C@H](O[Si](C)(C)C(C)(C)C)c3cccc(F)c3)N2C(=O)OC(C)(C)C)cc1)c1csc(N)n1. The number of anilines is 2. The Bertz CT molecular complexity index is 1520. The van der Waals surface area contributed by atoms with E-state index in [0.717, 1.165) is 17.5 Å². The van der Waals surface area contributed by atoms with E-state index in [-0.39, 0.29) is 28.8 Å². The number of halogens is 1. The summed E-state index contributed by atoms with van der Waals surface area (Å²) in [6, 6.07) is 13.7. The van der Waals surface area contributed by atoms with Crippen LogP contribution in [0.25, 0.3) is 0 Å². The first-order valence-electron chi connectivity index (χ1n) is 15.9. The van der Waals surface area contributed by atoms with E-state index >= 15 is 0 Å². The Labute approximate surface area is 278 Å². The molecule has 0 aliphatic carbocycles. The van der Waals surface area contributed by atoms with E-state index in [9.17, 15) is 14.0 Å². The second kappa shape index (κ2) is 13.8. The second-order valence-electron chi connectivity index (χ2n) is 14.8. The molecule has 1 aromatic heterocycles. The molecule has 4 rings (SSSR count). The summed E-state index contributed by atoms with van der Waals surface area (Å²) in [5.41, 5.74) is 8.10. The van der Waals surface area contributed by atoms with Crippen molar-refractivity contribution in [3.05, 3.63) is 76.5 Å². The van der Waals surface area contributed by atoms with Gasteiger partial charge in [0.1, 0.15) is 11.4 Å². The Kier molecular flexibility index (Phi) is 10.7. The summed E-state index contributed by atoms with van der Waals surface area (Å²) in [6.07, 6.45) is 1.10. The van der Waals surface area contributed by atoms with E-state index in [1.165, 1.54) is 23.5 Å². The second-order valence-corrected chi connectivity index (χ2v) is 20.4. The number of nitrogens with one attached hydrogen (secondary N) is 1. The molecular weight excluding hydrogens is 620 g/mol. The van der Waals surface area contributed by atoms with Crippen molar-refractivity contribution in [2.24, 2.45) is 0 Å². The van der Waals surface area contributed by atoms with Crippen LogP contribution in [0.2, 0.25) is 18.1 Å². The fourth-order valence-corrected chi connectivity index (χ4v) is 7.37. The Hall–Kier alpha value is -3.28. The average molecular weight is 669 g/mol. The number of amides is 2. The van der Waals surface area contributed by atoms with Crippen molar-refractivity contribution in [2.75, 3.05) is 11.1 Å². The first-order valence-corrected chi connectivity index (χ1v) is 19.7. The number of nitrogens with zero attached hydrogens (tertiary/aromatic N) is 2. The van der Waals surface area contributed by atoms with Gasteiger partial charge in [-0.1, -0.05) is 45.0 Å². The molecule has 1 aliphatic rings. The van der Waals surface area contributed by atoms with Crippen molar-refractivity contribution in [2.45, 2.75) is 116 Å². The molecule has 1 saturated heterocycles. The zero-order chi connectivity index (χ0) is 34.0. The number of likely N-dealkylation sites (tertiary alicyclic amines) is 1. The highest BCUT2D eigenvalue weighted by Crippen LogP contribution is 2.44. The van der Waals surface area contributed by atoms with E-state index < -0.39 is 32.0 Å². The maximum Gasteiger partial charge on any atom is 0.410 e. The van der Waals surface area contributed by atoms with Crippen LogP contribution in [0.5, 0.6) is 0 Å². The van der Waals surface area contributed by atoms with Crippen LogP contribution in [0, 0.1) is 5.82 Å². The summed E-state index contributed by atoms with van der Waals surface area (Å²) >= 11 is 1.31. The molecule has 0 spiro atoms. The molecule has 3 aromatic rings. The molecule has 8 nitrogen and oxygen atoms in total. The molecule has 0 radical (unpaired) electrons. The molecule has 0 saturated carbocycles. The monoisotopic (exact) mass is 668 g/mol. The maximum atomic E-state index is 14.6. The van der Waals surface area contributed by atoms with E-state index in [1.807, 2.05) is 56.0 Å². The van der Waals surface area contributed by atoms with Crippen molar-refractivity contribution < 1.29 is 23.1 Å². The number of carbonyl (C=O) groups is 2. The molecule has 0 bridgehead atoms. The molecule has 3 N–H and O–H groups in total. The van der Waals surface area contributed by atoms with Crippen molar-refractivity contribution in [1.29, 1.82) is 0 Å². The Morgan fingerprint density at radius 1 is 1.11 bits per heavy atom. The van der Waals surface area contributed by atoms with Gasteiger partial charge in [-0.05, 0) is 100 Å². The number of rotatable bonds is 9. The van der Waals surface area contributed by atoms with Crippen LogP contribution >= 0.6 is 11.3 Å². The van der Waals surface area contributed by atoms with Gasteiger partial charge in [0, 0.05) is 17.1 Å². The fraction of sp³-hybridized carbons (Fsp3) is 0.514. The third kappa shape index (κ3) is 8.74. The molecular formula is C35H49FN4O4SSi. The van der Waals surface area contributed by atoms with Crippen LogP contribution in [-0.2, 0) is 20.4 Å². The lowest BCUT2D eigenvalue weighted by molar-refractivity contribution is -0.117. The standard InChI is InChI=1S/C35H49FN4O4SSi/c1-22(28-21-45-32(37)39-28)31(41)38-26-15-13-23(14-16-26)19-27-17-18-29(40(27)33(42)43-34(2,3)4)30(24-11-10-12-25(36)20-24)44-46(8,9)35(5,6)7/h10-16,20-22,27,29-30H,17-19H2,1-9H3,(H2,37,39)(H,38,41)/t22?,27?,29?,30-/m1/s1. The van der Waals surface area contributed by atoms with Gasteiger partial charge in [-0.3, -0.25) is 9.69 Å². The van der Waals surface area contributed by atoms with Gasteiger partial charge >= 0.3 is 6.09 Å². The van der Waals surface area contributed by atoms with E-state index in [1.54, 1.807) is 18.4 Å². The van der Waals surface area contributed by atoms with E-state index in [2.05, 4.69) is 44.2 Å². The largest absolute Gasteiger partial charge is 0.444 e. The molecule has 250 valence electrons. The van der Waals surface area contributed by atoms with Gasteiger partial charge in [0.05, 0.1) is 23.8 Å². The number of carbonyl (C=O) groups excluding carboxylic acids is 2. The number of benzene rings is 2. The lowest BCUT2D eigenvalue weighted by atomic mass is 10.0.